The van der Waals surface area contributed by atoms with Crippen LogP contribution in [0.15, 0.2) is 36.4 Å². The van der Waals surface area contributed by atoms with Gasteiger partial charge < -0.3 is 34.3 Å². The van der Waals surface area contributed by atoms with Gasteiger partial charge in [0.05, 0.1) is 0 Å². The number of carboxylic acids is 1. The second kappa shape index (κ2) is 21.7. The quantitative estimate of drug-likeness (QED) is 0.268. The molecule has 2 aromatic carbocycles. The monoisotopic (exact) mass is 796 g/mol. The molecule has 0 spiro atoms. The highest BCUT2D eigenvalue weighted by Crippen LogP contribution is 2.27. The molecule has 51 heavy (non-hydrogen) atoms. The van der Waals surface area contributed by atoms with Crippen LogP contribution in [0, 0.1) is 0 Å². The van der Waals surface area contributed by atoms with Gasteiger partial charge in [-0.2, -0.15) is 0 Å². The number of hydrogen-bond donors (Lipinski definition) is 2. The van der Waals surface area contributed by atoms with Gasteiger partial charge in [-0.1, -0.05) is 35.3 Å². The third-order valence-electron chi connectivity index (χ3n) is 7.20. The van der Waals surface area contributed by atoms with Crippen LogP contribution >= 0.6 is 48.0 Å². The first-order valence-electron chi connectivity index (χ1n) is 16.4. The average Bonchev–Trinajstić information content (AvgIpc) is 3.01. The Morgan fingerprint density at radius 1 is 0.706 bits per heavy atom. The smallest absolute Gasteiger partial charge is 0.410 e. The van der Waals surface area contributed by atoms with Gasteiger partial charge in [-0.15, -0.1) is 24.8 Å². The summed E-state index contributed by atoms with van der Waals surface area (Å²) in [5.41, 5.74) is 0.824. The summed E-state index contributed by atoms with van der Waals surface area (Å²) in [7, 11) is 0. The Balaban J connectivity index is 0.000000536. The van der Waals surface area contributed by atoms with Crippen molar-refractivity contribution in [3.05, 3.63) is 57.6 Å². The van der Waals surface area contributed by atoms with Gasteiger partial charge in [0.15, 0.2) is 13.2 Å². The highest BCUT2D eigenvalue weighted by Gasteiger charge is 2.26. The van der Waals surface area contributed by atoms with Gasteiger partial charge >= 0.3 is 18.0 Å². The standard InChI is InChI=1S/C22H33ClN2O5.C13H17ClN2O3.2ClH/c1-21(2,3)29-19(26)15-28-18-13-17(23)8-7-16(18)14-24-9-11-25(12-10-24)20(27)30-22(4,5)6;14-11-2-1-10(8-16-5-3-15-4-6-16)12(7-11)19-9-13(17)18;;/h7-8,13H,9-12,14-15H2,1-6H3;1-2,7,15H,3-6,8-9H2,(H,17,18);2*1H. The van der Waals surface area contributed by atoms with E-state index in [0.29, 0.717) is 54.3 Å². The molecule has 0 saturated carbocycles. The lowest BCUT2D eigenvalue weighted by atomic mass is 10.1. The first kappa shape index (κ1) is 46.3. The van der Waals surface area contributed by atoms with Crippen molar-refractivity contribution in [1.29, 1.82) is 0 Å². The minimum absolute atomic E-state index is 0. The maximum atomic E-state index is 12.2. The average molecular weight is 799 g/mol. The molecule has 0 radical (unpaired) electrons. The highest BCUT2D eigenvalue weighted by molar-refractivity contribution is 6.31. The summed E-state index contributed by atoms with van der Waals surface area (Å²) in [4.78, 5) is 41.0. The van der Waals surface area contributed by atoms with Gasteiger partial charge in [0.2, 0.25) is 0 Å². The lowest BCUT2D eigenvalue weighted by Crippen LogP contribution is -2.49. The number of rotatable bonds is 10. The molecule has 2 N–H and O–H groups in total. The Labute approximate surface area is 323 Å². The maximum absolute atomic E-state index is 12.2. The Hall–Kier alpha value is -2.71. The zero-order valence-corrected chi connectivity index (χ0v) is 33.3. The summed E-state index contributed by atoms with van der Waals surface area (Å²) in [5.74, 6) is -0.316. The molecule has 0 unspecified atom stereocenters. The summed E-state index contributed by atoms with van der Waals surface area (Å²) >= 11 is 12.0. The molecule has 2 saturated heterocycles. The summed E-state index contributed by atoms with van der Waals surface area (Å²) in [6.07, 6.45) is -0.282. The van der Waals surface area contributed by atoms with Crippen LogP contribution in [0.1, 0.15) is 52.7 Å². The number of ether oxygens (including phenoxy) is 4. The fourth-order valence-electron chi connectivity index (χ4n) is 5.00. The molecule has 2 aromatic rings. The second-order valence-corrected chi connectivity index (χ2v) is 14.7. The van der Waals surface area contributed by atoms with Crippen LogP contribution in [0.5, 0.6) is 11.5 Å². The number of nitrogens with zero attached hydrogens (tertiary/aromatic N) is 3. The minimum Gasteiger partial charge on any atom is -0.482 e. The molecule has 2 heterocycles. The molecule has 1 amide bonds. The third kappa shape index (κ3) is 18.1. The topological polar surface area (TPSA) is 130 Å². The van der Waals surface area contributed by atoms with Crippen molar-refractivity contribution in [1.82, 2.24) is 20.0 Å². The normalized spacial score (nSPS) is 15.3. The fraction of sp³-hybridized carbons (Fsp3) is 0.571. The summed E-state index contributed by atoms with van der Waals surface area (Å²) < 4.78 is 21.7. The lowest BCUT2D eigenvalue weighted by molar-refractivity contribution is -0.157. The molecule has 16 heteroatoms. The Kier molecular flexibility index (Phi) is 19.7. The number of nitrogens with one attached hydrogen (secondary N) is 1. The van der Waals surface area contributed by atoms with E-state index in [4.69, 9.17) is 47.3 Å². The number of esters is 1. The first-order chi connectivity index (χ1) is 23.0. The van der Waals surface area contributed by atoms with E-state index >= 15 is 0 Å². The van der Waals surface area contributed by atoms with Crippen LogP contribution in [0.4, 0.5) is 4.79 Å². The highest BCUT2D eigenvalue weighted by atomic mass is 35.5. The third-order valence-corrected chi connectivity index (χ3v) is 7.67. The zero-order valence-electron chi connectivity index (χ0n) is 30.2. The number of carbonyl (C=O) groups excluding carboxylic acids is 2. The van der Waals surface area contributed by atoms with Crippen molar-refractivity contribution in [3.63, 3.8) is 0 Å². The number of benzene rings is 2. The number of amides is 1. The summed E-state index contributed by atoms with van der Waals surface area (Å²) in [5, 5.41) is 13.1. The van der Waals surface area contributed by atoms with Crippen molar-refractivity contribution in [2.24, 2.45) is 0 Å². The van der Waals surface area contributed by atoms with Crippen molar-refractivity contribution < 1.29 is 38.4 Å². The molecule has 12 nitrogen and oxygen atoms in total. The van der Waals surface area contributed by atoms with Gasteiger partial charge in [0.25, 0.3) is 0 Å². The second-order valence-electron chi connectivity index (χ2n) is 13.8. The van der Waals surface area contributed by atoms with E-state index in [-0.39, 0.29) is 44.1 Å². The predicted molar refractivity (Wildman–Crippen MR) is 203 cm³/mol. The molecular formula is C35H52Cl4N4O8. The van der Waals surface area contributed by atoms with Gasteiger partial charge in [-0.3, -0.25) is 9.80 Å². The Morgan fingerprint density at radius 2 is 1.16 bits per heavy atom. The Morgan fingerprint density at radius 3 is 1.61 bits per heavy atom. The molecule has 0 aliphatic carbocycles. The number of halogens is 4. The molecule has 0 aromatic heterocycles. The van der Waals surface area contributed by atoms with E-state index in [1.54, 1.807) is 29.2 Å². The molecule has 2 aliphatic heterocycles. The van der Waals surface area contributed by atoms with Crippen LogP contribution in [-0.4, -0.2) is 115 Å². The van der Waals surface area contributed by atoms with Crippen molar-refractivity contribution in [3.8, 4) is 11.5 Å². The Bertz CT molecular complexity index is 1410. The maximum Gasteiger partial charge on any atom is 0.410 e. The zero-order chi connectivity index (χ0) is 36.2. The van der Waals surface area contributed by atoms with E-state index < -0.39 is 23.1 Å². The van der Waals surface area contributed by atoms with E-state index in [9.17, 15) is 14.4 Å². The van der Waals surface area contributed by atoms with Gasteiger partial charge in [0, 0.05) is 86.6 Å². The number of piperazine rings is 2. The predicted octanol–water partition coefficient (Wildman–Crippen LogP) is 6.17. The summed E-state index contributed by atoms with van der Waals surface area (Å²) in [6, 6.07) is 10.8. The molecule has 0 atom stereocenters. The van der Waals surface area contributed by atoms with E-state index in [1.807, 2.05) is 53.7 Å². The van der Waals surface area contributed by atoms with Gasteiger partial charge in [0.1, 0.15) is 22.7 Å². The minimum atomic E-state index is -0.993. The number of hydrogen-bond acceptors (Lipinski definition) is 10. The van der Waals surface area contributed by atoms with Crippen LogP contribution in [0.25, 0.3) is 0 Å². The molecule has 4 rings (SSSR count). The number of carboxylic acid groups (broad SMARTS) is 1. The van der Waals surface area contributed by atoms with Gasteiger partial charge in [-0.25, -0.2) is 14.4 Å². The van der Waals surface area contributed by atoms with Crippen molar-refractivity contribution in [2.75, 3.05) is 65.6 Å². The SMILES string of the molecule is CC(C)(C)OC(=O)COc1cc(Cl)ccc1CN1CCN(C(=O)OC(C)(C)C)CC1.Cl.Cl.O=C(O)COc1cc(Cl)ccc1CN1CCNCC1. The molecular weight excluding hydrogens is 746 g/mol. The van der Waals surface area contributed by atoms with Crippen LogP contribution in [0.3, 0.4) is 0 Å². The van der Waals surface area contributed by atoms with E-state index in [1.165, 1.54) is 0 Å². The molecule has 2 fully saturated rings. The largest absolute Gasteiger partial charge is 0.482 e. The fourth-order valence-corrected chi connectivity index (χ4v) is 5.32. The number of aliphatic carboxylic acids is 1. The van der Waals surface area contributed by atoms with Crippen LogP contribution < -0.4 is 14.8 Å². The van der Waals surface area contributed by atoms with Crippen molar-refractivity contribution >= 4 is 66.0 Å². The number of carbonyl (C=O) groups is 3. The lowest BCUT2D eigenvalue weighted by Gasteiger charge is -2.35. The first-order valence-corrected chi connectivity index (χ1v) is 17.1. The van der Waals surface area contributed by atoms with Gasteiger partial charge in [-0.05, 0) is 65.8 Å². The van der Waals surface area contributed by atoms with E-state index in [0.717, 1.165) is 43.9 Å². The molecule has 0 bridgehead atoms. The van der Waals surface area contributed by atoms with E-state index in [2.05, 4.69) is 15.1 Å². The summed E-state index contributed by atoms with van der Waals surface area (Å²) in [6.45, 7) is 18.4. The molecule has 288 valence electrons. The van der Waals surface area contributed by atoms with Crippen LogP contribution in [0.2, 0.25) is 10.0 Å². The van der Waals surface area contributed by atoms with Crippen LogP contribution in [-0.2, 0) is 32.2 Å². The van der Waals surface area contributed by atoms with Crippen molar-refractivity contribution in [2.45, 2.75) is 65.8 Å². The molecule has 2 aliphatic rings.